The average molecular weight is 1010 g/mol. The first-order valence-electron chi connectivity index (χ1n) is 21.9. The number of ether oxygens (including phenoxy) is 4. The van der Waals surface area contributed by atoms with E-state index in [1.807, 2.05) is 24.3 Å². The molecular weight excluding hydrogens is 964 g/mol. The number of hydrogen-bond acceptors (Lipinski definition) is 12. The molecule has 14 heteroatoms. The lowest BCUT2D eigenvalue weighted by molar-refractivity contribution is 0.0348. The van der Waals surface area contributed by atoms with E-state index in [4.69, 9.17) is 18.9 Å². The van der Waals surface area contributed by atoms with Crippen LogP contribution >= 0.6 is 31.9 Å². The van der Waals surface area contributed by atoms with E-state index in [1.165, 1.54) is 12.4 Å². The van der Waals surface area contributed by atoms with Gasteiger partial charge in [-0.3, -0.25) is 19.8 Å². The molecule has 8 rings (SSSR count). The van der Waals surface area contributed by atoms with Crippen molar-refractivity contribution >= 4 is 31.9 Å². The van der Waals surface area contributed by atoms with Gasteiger partial charge in [0.25, 0.3) is 0 Å². The van der Waals surface area contributed by atoms with Gasteiger partial charge in [0.1, 0.15) is 61.6 Å². The van der Waals surface area contributed by atoms with E-state index in [2.05, 4.69) is 114 Å². The van der Waals surface area contributed by atoms with Crippen molar-refractivity contribution in [1.29, 1.82) is 10.5 Å². The molecule has 2 saturated heterocycles. The topological polar surface area (TPSA) is 157 Å². The van der Waals surface area contributed by atoms with Crippen LogP contribution in [-0.4, -0.2) is 68.4 Å². The summed E-state index contributed by atoms with van der Waals surface area (Å²) in [5.41, 5.74) is 10.9. The Bertz CT molecular complexity index is 2600. The molecule has 2 aliphatic heterocycles. The van der Waals surface area contributed by atoms with Crippen molar-refractivity contribution in [2.75, 3.05) is 26.3 Å². The molecular formula is C52H50Br2N6O6. The number of benzene rings is 4. The Morgan fingerprint density at radius 2 is 1.00 bits per heavy atom. The summed E-state index contributed by atoms with van der Waals surface area (Å²) in [6.45, 7) is 8.58. The lowest BCUT2D eigenvalue weighted by Gasteiger charge is -2.40. The number of hydrogen-bond donors (Lipinski definition) is 2. The molecule has 0 saturated carbocycles. The van der Waals surface area contributed by atoms with E-state index in [9.17, 15) is 20.7 Å². The monoisotopic (exact) mass is 1010 g/mol. The summed E-state index contributed by atoms with van der Waals surface area (Å²) in [4.78, 5) is 12.8. The predicted octanol–water partition coefficient (Wildman–Crippen LogP) is 9.48. The smallest absolute Gasteiger partial charge is 0.137 e. The highest BCUT2D eigenvalue weighted by molar-refractivity contribution is 9.11. The Morgan fingerprint density at radius 3 is 1.38 bits per heavy atom. The highest BCUT2D eigenvalue weighted by Crippen LogP contribution is 2.39. The van der Waals surface area contributed by atoms with Crippen molar-refractivity contribution in [2.24, 2.45) is 0 Å². The molecule has 338 valence electrons. The fourth-order valence-corrected chi connectivity index (χ4v) is 9.31. The minimum absolute atomic E-state index is 0.110. The highest BCUT2D eigenvalue weighted by Gasteiger charge is 2.30. The number of halogens is 2. The fourth-order valence-electron chi connectivity index (χ4n) is 8.30. The van der Waals surface area contributed by atoms with Crippen LogP contribution in [0.15, 0.2) is 107 Å². The molecule has 2 atom stereocenters. The molecule has 12 nitrogen and oxygen atoms in total. The zero-order valence-corrected chi connectivity index (χ0v) is 40.0. The molecule has 4 aromatic carbocycles. The summed E-state index contributed by atoms with van der Waals surface area (Å²) >= 11 is 7.53. The Morgan fingerprint density at radius 1 is 0.576 bits per heavy atom. The van der Waals surface area contributed by atoms with Gasteiger partial charge in [-0.15, -0.1) is 0 Å². The maximum absolute atomic E-state index is 9.85. The zero-order chi connectivity index (χ0) is 46.2. The Hall–Kier alpha value is -5.84. The van der Waals surface area contributed by atoms with Crippen molar-refractivity contribution in [3.8, 4) is 46.3 Å². The number of aliphatic hydroxyl groups excluding tert-OH is 2. The molecule has 2 N–H and O–H groups in total. The second-order valence-corrected chi connectivity index (χ2v) is 18.4. The standard InChI is InChI=1S/C52H50Br2N6O6/c1-33-39(31-65-51-17-49(63-29-37-13-35(19-55)21-57-23-37)41(15-47(51)53)25-59-11-9-43(59)27-61)5-3-7-45(33)46-8-4-6-40(34(46)2)32-66-52-18-50(64-30-38-14-36(20-56)22-58-24-38)42(16-48(52)54)26-60-12-10-44(60)28-62/h3-8,13-18,21-24,43-44,61-62H,9-12,25-32H2,1-2H3/t43-,44-/m1/s1. The summed E-state index contributed by atoms with van der Waals surface area (Å²) in [6.07, 6.45) is 8.36. The minimum atomic E-state index is 0.110. The number of nitriles is 2. The lowest BCUT2D eigenvalue weighted by atomic mass is 9.92. The summed E-state index contributed by atoms with van der Waals surface area (Å²) in [5.74, 6) is 2.59. The fraction of sp³-hybridized carbons (Fsp3) is 0.308. The van der Waals surface area contributed by atoms with E-state index >= 15 is 0 Å². The molecule has 2 fully saturated rings. The van der Waals surface area contributed by atoms with Gasteiger partial charge >= 0.3 is 0 Å². The van der Waals surface area contributed by atoms with Crippen molar-refractivity contribution < 1.29 is 29.2 Å². The van der Waals surface area contributed by atoms with Crippen molar-refractivity contribution in [2.45, 2.75) is 78.3 Å². The lowest BCUT2D eigenvalue weighted by Crippen LogP contribution is -2.49. The third-order valence-corrected chi connectivity index (χ3v) is 13.8. The maximum atomic E-state index is 9.85. The molecule has 0 unspecified atom stereocenters. The van der Waals surface area contributed by atoms with Crippen LogP contribution in [0, 0.1) is 36.5 Å². The van der Waals surface area contributed by atoms with Crippen molar-refractivity contribution in [3.63, 3.8) is 0 Å². The summed E-state index contributed by atoms with van der Waals surface area (Å²) in [5, 5.41) is 38.5. The first-order chi connectivity index (χ1) is 32.1. The molecule has 2 aromatic heterocycles. The van der Waals surface area contributed by atoms with Crippen LogP contribution in [0.4, 0.5) is 0 Å². The van der Waals surface area contributed by atoms with Gasteiger partial charge in [0.15, 0.2) is 0 Å². The molecule has 6 aromatic rings. The quantitative estimate of drug-likeness (QED) is 0.0794. The molecule has 0 radical (unpaired) electrons. The molecule has 0 aliphatic carbocycles. The van der Waals surface area contributed by atoms with Crippen LogP contribution in [0.5, 0.6) is 23.0 Å². The van der Waals surface area contributed by atoms with Crippen LogP contribution in [0.1, 0.15) is 68.5 Å². The molecule has 0 spiro atoms. The summed E-state index contributed by atoms with van der Waals surface area (Å²) < 4.78 is 27.4. The number of aliphatic hydroxyl groups is 2. The Balaban J connectivity index is 0.986. The largest absolute Gasteiger partial charge is 0.488 e. The molecule has 2 aliphatic rings. The first-order valence-corrected chi connectivity index (χ1v) is 23.4. The second kappa shape index (κ2) is 21.6. The maximum Gasteiger partial charge on any atom is 0.137 e. The van der Waals surface area contributed by atoms with Crippen LogP contribution in [-0.2, 0) is 39.5 Å². The molecule has 4 heterocycles. The van der Waals surface area contributed by atoms with Gasteiger partial charge in [0, 0.05) is 97.4 Å². The van der Waals surface area contributed by atoms with E-state index in [1.54, 1.807) is 24.5 Å². The Kier molecular flexibility index (Phi) is 15.3. The number of rotatable bonds is 19. The van der Waals surface area contributed by atoms with E-state index in [0.717, 1.165) is 90.5 Å². The van der Waals surface area contributed by atoms with Gasteiger partial charge in [-0.05, 0) is 116 Å². The summed E-state index contributed by atoms with van der Waals surface area (Å²) in [6, 6.07) is 28.5. The van der Waals surface area contributed by atoms with E-state index in [0.29, 0.717) is 60.4 Å². The number of likely N-dealkylation sites (tertiary alicyclic amines) is 2. The number of nitrogens with zero attached hydrogens (tertiary/aromatic N) is 6. The molecule has 0 bridgehead atoms. The Labute approximate surface area is 402 Å². The minimum Gasteiger partial charge on any atom is -0.488 e. The van der Waals surface area contributed by atoms with Gasteiger partial charge in [0.2, 0.25) is 0 Å². The predicted molar refractivity (Wildman–Crippen MR) is 257 cm³/mol. The van der Waals surface area contributed by atoms with Crippen LogP contribution in [0.2, 0.25) is 0 Å². The van der Waals surface area contributed by atoms with E-state index in [-0.39, 0.29) is 38.5 Å². The van der Waals surface area contributed by atoms with Gasteiger partial charge in [-0.2, -0.15) is 10.5 Å². The summed E-state index contributed by atoms with van der Waals surface area (Å²) in [7, 11) is 0. The average Bonchev–Trinajstić information content (AvgIpc) is 3.31. The zero-order valence-electron chi connectivity index (χ0n) is 36.8. The van der Waals surface area contributed by atoms with Gasteiger partial charge in [0.05, 0.1) is 33.3 Å². The highest BCUT2D eigenvalue weighted by atomic mass is 79.9. The molecule has 0 amide bonds. The van der Waals surface area contributed by atoms with Gasteiger partial charge in [-0.1, -0.05) is 36.4 Å². The first kappa shape index (κ1) is 46.7. The number of aromatic nitrogens is 2. The second-order valence-electron chi connectivity index (χ2n) is 16.7. The van der Waals surface area contributed by atoms with Crippen LogP contribution in [0.25, 0.3) is 11.1 Å². The van der Waals surface area contributed by atoms with E-state index < -0.39 is 0 Å². The third kappa shape index (κ3) is 10.9. The van der Waals surface area contributed by atoms with Crippen LogP contribution in [0.3, 0.4) is 0 Å². The van der Waals surface area contributed by atoms with Crippen LogP contribution < -0.4 is 18.9 Å². The van der Waals surface area contributed by atoms with Crippen molar-refractivity contribution in [1.82, 2.24) is 19.8 Å². The SMILES string of the molecule is Cc1c(COc2cc(OCc3cncc(C#N)c3)c(CN3CC[C@@H]3CO)cc2Br)cccc1-c1cccc(COc2cc(OCc3cncc(C#N)c3)c(CN3CC[C@@H]3CO)cc2Br)c1C. The van der Waals surface area contributed by atoms with Crippen molar-refractivity contribution in [3.05, 3.63) is 162 Å². The van der Waals surface area contributed by atoms with Gasteiger partial charge < -0.3 is 29.2 Å². The third-order valence-electron chi connectivity index (χ3n) is 12.5. The normalized spacial score (nSPS) is 15.8. The molecule has 66 heavy (non-hydrogen) atoms. The van der Waals surface area contributed by atoms with Gasteiger partial charge in [-0.25, -0.2) is 0 Å². The number of pyridine rings is 2.